The largest absolute Gasteiger partial charge is 0.352 e. The lowest BCUT2D eigenvalue weighted by molar-refractivity contribution is -0.125. The summed E-state index contributed by atoms with van der Waals surface area (Å²) in [6.07, 6.45) is 1.74. The Bertz CT molecular complexity index is 591. The maximum Gasteiger partial charge on any atom is 0.224 e. The van der Waals surface area contributed by atoms with Gasteiger partial charge in [0.15, 0.2) is 0 Å². The van der Waals surface area contributed by atoms with Crippen LogP contribution < -0.4 is 10.6 Å². The molecule has 0 saturated carbocycles. The van der Waals surface area contributed by atoms with E-state index >= 15 is 0 Å². The Kier molecular flexibility index (Phi) is 4.01. The lowest BCUT2D eigenvalue weighted by atomic mass is 9.97. The molecule has 3 N–H and O–H groups in total. The Morgan fingerprint density at radius 2 is 2.10 bits per heavy atom. The highest BCUT2D eigenvalue weighted by molar-refractivity contribution is 5.79. The first kappa shape index (κ1) is 13.8. The van der Waals surface area contributed by atoms with Crippen LogP contribution in [0, 0.1) is 11.8 Å². The molecule has 1 aromatic carbocycles. The summed E-state index contributed by atoms with van der Waals surface area (Å²) in [5.41, 5.74) is 3.19. The first-order valence-corrected chi connectivity index (χ1v) is 7.31. The van der Waals surface area contributed by atoms with E-state index in [1.54, 1.807) is 6.20 Å². The van der Waals surface area contributed by atoms with Gasteiger partial charge in [0.05, 0.1) is 11.6 Å². The zero-order valence-electron chi connectivity index (χ0n) is 12.1. The molecule has 5 heteroatoms. The van der Waals surface area contributed by atoms with Gasteiger partial charge < -0.3 is 10.6 Å². The van der Waals surface area contributed by atoms with Gasteiger partial charge in [-0.25, -0.2) is 0 Å². The summed E-state index contributed by atoms with van der Waals surface area (Å²) in [5, 5.41) is 13.2. The molecular weight excluding hydrogens is 264 g/mol. The molecule has 1 aliphatic heterocycles. The van der Waals surface area contributed by atoms with Crippen molar-refractivity contribution in [1.29, 1.82) is 0 Å². The van der Waals surface area contributed by atoms with Crippen LogP contribution in [0.5, 0.6) is 0 Å². The summed E-state index contributed by atoms with van der Waals surface area (Å²) in [6.45, 7) is 4.40. The Labute approximate surface area is 124 Å². The SMILES string of the molecule is C[C@@H]1CNC[C@H]1C(=O)NCc1ccc(-c2ccn[nH]2)cc1. The van der Waals surface area contributed by atoms with E-state index in [1.165, 1.54) is 0 Å². The van der Waals surface area contributed by atoms with Crippen molar-refractivity contribution in [3.05, 3.63) is 42.1 Å². The molecule has 5 nitrogen and oxygen atoms in total. The third-order valence-electron chi connectivity index (χ3n) is 4.09. The van der Waals surface area contributed by atoms with Crippen LogP contribution in [0.15, 0.2) is 36.5 Å². The van der Waals surface area contributed by atoms with Gasteiger partial charge in [-0.3, -0.25) is 9.89 Å². The maximum atomic E-state index is 12.1. The van der Waals surface area contributed by atoms with Crippen LogP contribution in [0.2, 0.25) is 0 Å². The third kappa shape index (κ3) is 3.13. The third-order valence-corrected chi connectivity index (χ3v) is 4.09. The number of hydrogen-bond acceptors (Lipinski definition) is 3. The van der Waals surface area contributed by atoms with Crippen molar-refractivity contribution >= 4 is 5.91 Å². The number of amides is 1. The summed E-state index contributed by atoms with van der Waals surface area (Å²) >= 11 is 0. The summed E-state index contributed by atoms with van der Waals surface area (Å²) in [7, 11) is 0. The van der Waals surface area contributed by atoms with Crippen molar-refractivity contribution in [3.8, 4) is 11.3 Å². The topological polar surface area (TPSA) is 69.8 Å². The van der Waals surface area contributed by atoms with Crippen molar-refractivity contribution < 1.29 is 4.79 Å². The number of H-pyrrole nitrogens is 1. The number of nitrogens with zero attached hydrogens (tertiary/aromatic N) is 1. The number of aromatic nitrogens is 2. The Morgan fingerprint density at radius 1 is 1.29 bits per heavy atom. The van der Waals surface area contributed by atoms with Crippen molar-refractivity contribution in [2.45, 2.75) is 13.5 Å². The average Bonchev–Trinajstić information content (AvgIpc) is 3.16. The second-order valence-corrected chi connectivity index (χ2v) is 5.63. The minimum absolute atomic E-state index is 0.0919. The number of hydrogen-bond donors (Lipinski definition) is 3. The first-order valence-electron chi connectivity index (χ1n) is 7.31. The minimum Gasteiger partial charge on any atom is -0.352 e. The van der Waals surface area contributed by atoms with E-state index in [0.717, 1.165) is 29.9 Å². The fourth-order valence-corrected chi connectivity index (χ4v) is 2.70. The molecule has 3 rings (SSSR count). The number of benzene rings is 1. The number of carbonyl (C=O) groups is 1. The van der Waals surface area contributed by atoms with Crippen LogP contribution >= 0.6 is 0 Å². The molecule has 0 spiro atoms. The summed E-state index contributed by atoms with van der Waals surface area (Å²) < 4.78 is 0. The predicted molar refractivity (Wildman–Crippen MR) is 81.4 cm³/mol. The van der Waals surface area contributed by atoms with E-state index in [-0.39, 0.29) is 11.8 Å². The zero-order valence-corrected chi connectivity index (χ0v) is 12.1. The molecule has 0 unspecified atom stereocenters. The molecule has 1 fully saturated rings. The number of rotatable bonds is 4. The van der Waals surface area contributed by atoms with Gasteiger partial charge in [0.1, 0.15) is 0 Å². The first-order chi connectivity index (χ1) is 10.2. The van der Waals surface area contributed by atoms with E-state index in [1.807, 2.05) is 30.3 Å². The van der Waals surface area contributed by atoms with Gasteiger partial charge in [0, 0.05) is 19.3 Å². The molecule has 2 heterocycles. The Morgan fingerprint density at radius 3 is 2.71 bits per heavy atom. The molecule has 2 atom stereocenters. The highest BCUT2D eigenvalue weighted by Gasteiger charge is 2.29. The van der Waals surface area contributed by atoms with E-state index in [2.05, 4.69) is 27.8 Å². The molecule has 0 radical (unpaired) electrons. The second-order valence-electron chi connectivity index (χ2n) is 5.63. The van der Waals surface area contributed by atoms with Gasteiger partial charge in [-0.1, -0.05) is 31.2 Å². The van der Waals surface area contributed by atoms with Gasteiger partial charge in [-0.05, 0) is 29.7 Å². The fourth-order valence-electron chi connectivity index (χ4n) is 2.70. The quantitative estimate of drug-likeness (QED) is 0.798. The molecule has 1 aliphatic rings. The van der Waals surface area contributed by atoms with Crippen LogP contribution in [0.1, 0.15) is 12.5 Å². The van der Waals surface area contributed by atoms with E-state index in [4.69, 9.17) is 0 Å². The summed E-state index contributed by atoms with van der Waals surface area (Å²) in [5.74, 6) is 0.646. The molecule has 1 saturated heterocycles. The van der Waals surface area contributed by atoms with E-state index < -0.39 is 0 Å². The molecular formula is C16H20N4O. The molecule has 110 valence electrons. The van der Waals surface area contributed by atoms with Crippen molar-refractivity contribution in [2.75, 3.05) is 13.1 Å². The predicted octanol–water partition coefficient (Wildman–Crippen LogP) is 1.55. The second kappa shape index (κ2) is 6.10. The highest BCUT2D eigenvalue weighted by atomic mass is 16.1. The number of aromatic amines is 1. The smallest absolute Gasteiger partial charge is 0.224 e. The van der Waals surface area contributed by atoms with Crippen LogP contribution in [0.3, 0.4) is 0 Å². The molecule has 2 aromatic rings. The normalized spacial score (nSPS) is 21.4. The summed E-state index contributed by atoms with van der Waals surface area (Å²) in [6, 6.07) is 10.1. The Balaban J connectivity index is 1.57. The zero-order chi connectivity index (χ0) is 14.7. The molecule has 1 aromatic heterocycles. The fraction of sp³-hybridized carbons (Fsp3) is 0.375. The molecule has 1 amide bonds. The van der Waals surface area contributed by atoms with Gasteiger partial charge in [-0.15, -0.1) is 0 Å². The van der Waals surface area contributed by atoms with Gasteiger partial charge >= 0.3 is 0 Å². The van der Waals surface area contributed by atoms with Gasteiger partial charge in [0.25, 0.3) is 0 Å². The van der Waals surface area contributed by atoms with Crippen LogP contribution in [-0.2, 0) is 11.3 Å². The van der Waals surface area contributed by atoms with Gasteiger partial charge in [0.2, 0.25) is 5.91 Å². The monoisotopic (exact) mass is 284 g/mol. The van der Waals surface area contributed by atoms with Gasteiger partial charge in [-0.2, -0.15) is 5.10 Å². The molecule has 0 aliphatic carbocycles. The van der Waals surface area contributed by atoms with Crippen LogP contribution in [0.25, 0.3) is 11.3 Å². The minimum atomic E-state index is 0.0919. The average molecular weight is 284 g/mol. The van der Waals surface area contributed by atoms with Crippen molar-refractivity contribution in [2.24, 2.45) is 11.8 Å². The highest BCUT2D eigenvalue weighted by Crippen LogP contribution is 2.18. The Hall–Kier alpha value is -2.14. The molecule has 21 heavy (non-hydrogen) atoms. The number of nitrogens with one attached hydrogen (secondary N) is 3. The lowest BCUT2D eigenvalue weighted by Gasteiger charge is -2.14. The van der Waals surface area contributed by atoms with Crippen molar-refractivity contribution in [3.63, 3.8) is 0 Å². The summed E-state index contributed by atoms with van der Waals surface area (Å²) in [4.78, 5) is 12.1. The number of carbonyl (C=O) groups excluding carboxylic acids is 1. The van der Waals surface area contributed by atoms with Crippen molar-refractivity contribution in [1.82, 2.24) is 20.8 Å². The van der Waals surface area contributed by atoms with E-state index in [9.17, 15) is 4.79 Å². The van der Waals surface area contributed by atoms with Crippen LogP contribution in [-0.4, -0.2) is 29.2 Å². The lowest BCUT2D eigenvalue weighted by Crippen LogP contribution is -2.33. The van der Waals surface area contributed by atoms with E-state index in [0.29, 0.717) is 12.5 Å². The standard InChI is InChI=1S/C16H20N4O/c1-11-8-17-10-14(11)16(21)18-9-12-2-4-13(5-3-12)15-6-7-19-20-15/h2-7,11,14,17H,8-10H2,1H3,(H,18,21)(H,19,20)/t11-,14-/m1/s1. The van der Waals surface area contributed by atoms with Crippen LogP contribution in [0.4, 0.5) is 0 Å². The molecule has 0 bridgehead atoms. The maximum absolute atomic E-state index is 12.1.